The summed E-state index contributed by atoms with van der Waals surface area (Å²) in [5, 5.41) is 5.74. The highest BCUT2D eigenvalue weighted by atomic mass is 16.2. The van der Waals surface area contributed by atoms with Crippen LogP contribution in [0.3, 0.4) is 0 Å². The zero-order valence-electron chi connectivity index (χ0n) is 12.7. The molecule has 20 heavy (non-hydrogen) atoms. The normalized spacial score (nSPS) is 21.2. The van der Waals surface area contributed by atoms with E-state index in [1.54, 1.807) is 0 Å². The average molecular weight is 284 g/mol. The number of carbonyl (C=O) groups excluding carboxylic acids is 2. The zero-order chi connectivity index (χ0) is 15.0. The van der Waals surface area contributed by atoms with Crippen LogP contribution in [0.15, 0.2) is 0 Å². The number of carbonyl (C=O) groups is 2. The van der Waals surface area contributed by atoms with Gasteiger partial charge in [-0.25, -0.2) is 0 Å². The monoisotopic (exact) mass is 284 g/mol. The summed E-state index contributed by atoms with van der Waals surface area (Å²) in [7, 11) is 0. The van der Waals surface area contributed by atoms with Crippen LogP contribution in [0.25, 0.3) is 0 Å². The number of nitrogens with two attached hydrogens (primary N) is 1. The molecule has 0 spiro atoms. The SMILES string of the molecule is CCCNC(=O)C(C)N1CCCC(C(=O)NCCN)C1. The Bertz CT molecular complexity index is 304. The quantitative estimate of drug-likeness (QED) is 0.598. The Morgan fingerprint density at radius 2 is 2.10 bits per heavy atom. The van der Waals surface area contributed by atoms with E-state index < -0.39 is 0 Å². The van der Waals surface area contributed by atoms with Gasteiger partial charge in [-0.05, 0) is 32.7 Å². The molecule has 1 rings (SSSR count). The average Bonchev–Trinajstić information content (AvgIpc) is 2.49. The second kappa shape index (κ2) is 8.92. The van der Waals surface area contributed by atoms with E-state index in [2.05, 4.69) is 15.5 Å². The summed E-state index contributed by atoms with van der Waals surface area (Å²) in [5.74, 6) is 0.0768. The van der Waals surface area contributed by atoms with E-state index >= 15 is 0 Å². The largest absolute Gasteiger partial charge is 0.355 e. The Hall–Kier alpha value is -1.14. The minimum Gasteiger partial charge on any atom is -0.355 e. The third kappa shape index (κ3) is 5.09. The lowest BCUT2D eigenvalue weighted by atomic mass is 9.96. The molecular formula is C14H28N4O2. The van der Waals surface area contributed by atoms with Gasteiger partial charge in [0.25, 0.3) is 0 Å². The van der Waals surface area contributed by atoms with Crippen LogP contribution < -0.4 is 16.4 Å². The number of amides is 2. The van der Waals surface area contributed by atoms with Crippen molar-refractivity contribution in [1.29, 1.82) is 0 Å². The summed E-state index contributed by atoms with van der Waals surface area (Å²) in [6.45, 7) is 7.14. The Balaban J connectivity index is 2.46. The number of piperidine rings is 1. The molecule has 2 amide bonds. The molecule has 1 heterocycles. The number of hydrogen-bond donors (Lipinski definition) is 3. The maximum absolute atomic E-state index is 12.0. The van der Waals surface area contributed by atoms with Crippen molar-refractivity contribution >= 4 is 11.8 Å². The summed E-state index contributed by atoms with van der Waals surface area (Å²) < 4.78 is 0. The van der Waals surface area contributed by atoms with Crippen molar-refractivity contribution in [2.24, 2.45) is 11.7 Å². The van der Waals surface area contributed by atoms with Crippen LogP contribution in [0.2, 0.25) is 0 Å². The van der Waals surface area contributed by atoms with Crippen molar-refractivity contribution in [3.63, 3.8) is 0 Å². The standard InChI is InChI=1S/C14H28N4O2/c1-3-7-16-13(19)11(2)18-9-4-5-12(10-18)14(20)17-8-6-15/h11-12H,3-10,15H2,1-2H3,(H,16,19)(H,17,20). The van der Waals surface area contributed by atoms with Crippen LogP contribution in [0.1, 0.15) is 33.1 Å². The number of nitrogens with one attached hydrogen (secondary N) is 2. The van der Waals surface area contributed by atoms with Crippen molar-refractivity contribution in [3.8, 4) is 0 Å². The van der Waals surface area contributed by atoms with Crippen LogP contribution >= 0.6 is 0 Å². The van der Waals surface area contributed by atoms with E-state index in [9.17, 15) is 9.59 Å². The highest BCUT2D eigenvalue weighted by Crippen LogP contribution is 2.18. The van der Waals surface area contributed by atoms with Crippen molar-refractivity contribution in [3.05, 3.63) is 0 Å². The van der Waals surface area contributed by atoms with E-state index in [1.165, 1.54) is 0 Å². The number of likely N-dealkylation sites (tertiary alicyclic amines) is 1. The molecule has 0 saturated carbocycles. The lowest BCUT2D eigenvalue weighted by Crippen LogP contribution is -2.51. The third-order valence-corrected chi connectivity index (χ3v) is 3.74. The predicted molar refractivity (Wildman–Crippen MR) is 79.1 cm³/mol. The van der Waals surface area contributed by atoms with Gasteiger partial charge in [-0.2, -0.15) is 0 Å². The molecule has 1 aliphatic heterocycles. The first-order chi connectivity index (χ1) is 9.60. The molecule has 0 aliphatic carbocycles. The second-order valence-electron chi connectivity index (χ2n) is 5.38. The smallest absolute Gasteiger partial charge is 0.237 e. The van der Waals surface area contributed by atoms with Gasteiger partial charge in [0.05, 0.1) is 12.0 Å². The number of hydrogen-bond acceptors (Lipinski definition) is 4. The lowest BCUT2D eigenvalue weighted by Gasteiger charge is -2.35. The van der Waals surface area contributed by atoms with E-state index in [-0.39, 0.29) is 23.8 Å². The molecular weight excluding hydrogens is 256 g/mol. The van der Waals surface area contributed by atoms with E-state index in [0.717, 1.165) is 25.8 Å². The van der Waals surface area contributed by atoms with Crippen LogP contribution in [-0.4, -0.2) is 55.5 Å². The van der Waals surface area contributed by atoms with Crippen molar-refractivity contribution in [2.45, 2.75) is 39.2 Å². The molecule has 0 radical (unpaired) electrons. The fourth-order valence-corrected chi connectivity index (χ4v) is 2.47. The molecule has 6 heteroatoms. The van der Waals surface area contributed by atoms with Gasteiger partial charge < -0.3 is 16.4 Å². The molecule has 0 aromatic rings. The first kappa shape index (κ1) is 16.9. The number of nitrogens with zero attached hydrogens (tertiary/aromatic N) is 1. The zero-order valence-corrected chi connectivity index (χ0v) is 12.7. The van der Waals surface area contributed by atoms with Gasteiger partial charge in [-0.15, -0.1) is 0 Å². The molecule has 0 aromatic heterocycles. The molecule has 2 unspecified atom stereocenters. The Labute approximate surface area is 121 Å². The Kier molecular flexibility index (Phi) is 7.54. The summed E-state index contributed by atoms with van der Waals surface area (Å²) in [6.07, 6.45) is 2.77. The van der Waals surface area contributed by atoms with Crippen molar-refractivity contribution < 1.29 is 9.59 Å². The van der Waals surface area contributed by atoms with Gasteiger partial charge in [0.2, 0.25) is 11.8 Å². The summed E-state index contributed by atoms with van der Waals surface area (Å²) in [4.78, 5) is 26.1. The second-order valence-corrected chi connectivity index (χ2v) is 5.38. The van der Waals surface area contributed by atoms with E-state index in [0.29, 0.717) is 26.2 Å². The van der Waals surface area contributed by atoms with Crippen molar-refractivity contribution in [2.75, 3.05) is 32.7 Å². The van der Waals surface area contributed by atoms with E-state index in [1.807, 2.05) is 13.8 Å². The summed E-state index contributed by atoms with van der Waals surface area (Å²) in [6, 6.07) is -0.174. The molecule has 2 atom stereocenters. The minimum absolute atomic E-state index is 0.0308. The fraction of sp³-hybridized carbons (Fsp3) is 0.857. The lowest BCUT2D eigenvalue weighted by molar-refractivity contribution is -0.131. The van der Waals surface area contributed by atoms with Gasteiger partial charge >= 0.3 is 0 Å². The molecule has 0 aromatic carbocycles. The maximum atomic E-state index is 12.0. The van der Waals surface area contributed by atoms with Gasteiger partial charge in [-0.3, -0.25) is 14.5 Å². The molecule has 0 bridgehead atoms. The van der Waals surface area contributed by atoms with Crippen LogP contribution in [0.5, 0.6) is 0 Å². The molecule has 1 fully saturated rings. The Morgan fingerprint density at radius 3 is 2.75 bits per heavy atom. The van der Waals surface area contributed by atoms with Crippen LogP contribution in [0, 0.1) is 5.92 Å². The van der Waals surface area contributed by atoms with Gasteiger partial charge in [0, 0.05) is 26.2 Å². The van der Waals surface area contributed by atoms with Crippen LogP contribution in [0.4, 0.5) is 0 Å². The highest BCUT2D eigenvalue weighted by Gasteiger charge is 2.30. The third-order valence-electron chi connectivity index (χ3n) is 3.74. The fourth-order valence-electron chi connectivity index (χ4n) is 2.47. The topological polar surface area (TPSA) is 87.5 Å². The molecule has 1 aliphatic rings. The number of rotatable bonds is 7. The first-order valence-electron chi connectivity index (χ1n) is 7.59. The minimum atomic E-state index is -0.174. The molecule has 116 valence electrons. The van der Waals surface area contributed by atoms with E-state index in [4.69, 9.17) is 5.73 Å². The molecule has 4 N–H and O–H groups in total. The maximum Gasteiger partial charge on any atom is 0.237 e. The summed E-state index contributed by atoms with van der Waals surface area (Å²) >= 11 is 0. The predicted octanol–water partition coefficient (Wildman–Crippen LogP) is -0.312. The molecule has 6 nitrogen and oxygen atoms in total. The first-order valence-corrected chi connectivity index (χ1v) is 7.59. The van der Waals surface area contributed by atoms with Gasteiger partial charge in [-0.1, -0.05) is 6.92 Å². The van der Waals surface area contributed by atoms with Crippen molar-refractivity contribution in [1.82, 2.24) is 15.5 Å². The highest BCUT2D eigenvalue weighted by molar-refractivity contribution is 5.82. The van der Waals surface area contributed by atoms with Crippen LogP contribution in [-0.2, 0) is 9.59 Å². The van der Waals surface area contributed by atoms with Gasteiger partial charge in [0.1, 0.15) is 0 Å². The van der Waals surface area contributed by atoms with Gasteiger partial charge in [0.15, 0.2) is 0 Å². The summed E-state index contributed by atoms with van der Waals surface area (Å²) in [5.41, 5.74) is 5.39. The Morgan fingerprint density at radius 1 is 1.35 bits per heavy atom. The molecule has 1 saturated heterocycles.